The van der Waals surface area contributed by atoms with E-state index in [2.05, 4.69) is 15.6 Å². The van der Waals surface area contributed by atoms with E-state index >= 15 is 0 Å². The van der Waals surface area contributed by atoms with E-state index < -0.39 is 29.6 Å². The van der Waals surface area contributed by atoms with Crippen LogP contribution in [0.1, 0.15) is 29.6 Å². The standard InChI is InChI=1S/C22H20ClN3O6/c23-15-3-1-14(2-4-15)18(27)25-12-13-5-8-22(17(11-13)31-19(28)20(29)32-22)21(30)26-16-6-9-24-10-7-16/h1-4,6-7,9-10,13,17H,5,8,11-12H2,(H,25,27)(H,24,26,30). The van der Waals surface area contributed by atoms with Crippen molar-refractivity contribution in [2.24, 2.45) is 5.92 Å². The number of carbonyl (C=O) groups is 4. The number of carbonyl (C=O) groups excluding carboxylic acids is 4. The Balaban J connectivity index is 1.44. The van der Waals surface area contributed by atoms with Crippen molar-refractivity contribution in [2.45, 2.75) is 31.0 Å². The molecule has 3 atom stereocenters. The molecule has 32 heavy (non-hydrogen) atoms. The normalized spacial score (nSPS) is 24.5. The van der Waals surface area contributed by atoms with Crippen LogP contribution in [0.2, 0.25) is 5.02 Å². The van der Waals surface area contributed by atoms with Crippen LogP contribution in [0, 0.1) is 5.92 Å². The molecule has 166 valence electrons. The third kappa shape index (κ3) is 4.43. The number of halogens is 1. The summed E-state index contributed by atoms with van der Waals surface area (Å²) in [6.45, 7) is 0.311. The molecule has 4 rings (SSSR count). The summed E-state index contributed by atoms with van der Waals surface area (Å²) in [6, 6.07) is 9.69. The average Bonchev–Trinajstić information content (AvgIpc) is 2.79. The number of nitrogens with one attached hydrogen (secondary N) is 2. The minimum absolute atomic E-state index is 0.0808. The average molecular weight is 458 g/mol. The Morgan fingerprint density at radius 2 is 1.81 bits per heavy atom. The van der Waals surface area contributed by atoms with E-state index in [1.807, 2.05) is 0 Å². The molecule has 1 aromatic heterocycles. The lowest BCUT2D eigenvalue weighted by molar-refractivity contribution is -0.220. The summed E-state index contributed by atoms with van der Waals surface area (Å²) < 4.78 is 10.6. The SMILES string of the molecule is O=C1OC2CC(CNC(=O)c3ccc(Cl)cc3)CCC2(C(=O)Nc2ccncc2)OC1=O. The monoisotopic (exact) mass is 457 g/mol. The van der Waals surface area contributed by atoms with Gasteiger partial charge in [0.25, 0.3) is 11.8 Å². The number of benzene rings is 1. The van der Waals surface area contributed by atoms with E-state index in [0.29, 0.717) is 29.2 Å². The molecule has 2 fully saturated rings. The molecule has 2 aliphatic rings. The quantitative estimate of drug-likeness (QED) is 0.520. The van der Waals surface area contributed by atoms with Crippen molar-refractivity contribution < 1.29 is 28.7 Å². The number of hydrogen-bond acceptors (Lipinski definition) is 7. The highest BCUT2D eigenvalue weighted by Gasteiger charge is 2.58. The first-order valence-corrected chi connectivity index (χ1v) is 10.4. The van der Waals surface area contributed by atoms with E-state index in [1.165, 1.54) is 12.4 Å². The topological polar surface area (TPSA) is 124 Å². The zero-order valence-corrected chi connectivity index (χ0v) is 17.6. The maximum Gasteiger partial charge on any atom is 0.418 e. The van der Waals surface area contributed by atoms with E-state index in [0.717, 1.165) is 0 Å². The summed E-state index contributed by atoms with van der Waals surface area (Å²) in [6.07, 6.45) is 2.95. The number of rotatable bonds is 5. The highest BCUT2D eigenvalue weighted by atomic mass is 35.5. The summed E-state index contributed by atoms with van der Waals surface area (Å²) in [5, 5.41) is 6.08. The van der Waals surface area contributed by atoms with Gasteiger partial charge in [0.15, 0.2) is 6.10 Å². The van der Waals surface area contributed by atoms with Gasteiger partial charge in [-0.1, -0.05) is 11.6 Å². The van der Waals surface area contributed by atoms with Crippen LogP contribution >= 0.6 is 11.6 Å². The Labute approximate surface area is 188 Å². The fourth-order valence-corrected chi connectivity index (χ4v) is 4.06. The second-order valence-corrected chi connectivity index (χ2v) is 8.16. The molecule has 0 spiro atoms. The largest absolute Gasteiger partial charge is 0.449 e. The predicted molar refractivity (Wildman–Crippen MR) is 113 cm³/mol. The Morgan fingerprint density at radius 3 is 2.53 bits per heavy atom. The first-order valence-electron chi connectivity index (χ1n) is 10.1. The lowest BCUT2D eigenvalue weighted by Gasteiger charge is -2.45. The first kappa shape index (κ1) is 21.8. The Morgan fingerprint density at radius 1 is 1.09 bits per heavy atom. The van der Waals surface area contributed by atoms with Crippen molar-refractivity contribution in [3.8, 4) is 0 Å². The van der Waals surface area contributed by atoms with Crippen molar-refractivity contribution in [1.82, 2.24) is 10.3 Å². The van der Waals surface area contributed by atoms with Crippen LogP contribution in [0.4, 0.5) is 5.69 Å². The molecule has 2 N–H and O–H groups in total. The number of aromatic nitrogens is 1. The predicted octanol–water partition coefficient (Wildman–Crippen LogP) is 2.11. The van der Waals surface area contributed by atoms with Crippen molar-refractivity contribution in [3.63, 3.8) is 0 Å². The Hall–Kier alpha value is -3.46. The molecule has 1 aromatic carbocycles. The maximum absolute atomic E-state index is 13.1. The number of anilines is 1. The minimum Gasteiger partial charge on any atom is -0.449 e. The van der Waals surface area contributed by atoms with Gasteiger partial charge in [-0.3, -0.25) is 14.6 Å². The molecule has 1 aliphatic heterocycles. The molecule has 2 heterocycles. The summed E-state index contributed by atoms with van der Waals surface area (Å²) >= 11 is 5.85. The van der Waals surface area contributed by atoms with Crippen LogP contribution in [-0.4, -0.2) is 47.0 Å². The van der Waals surface area contributed by atoms with Gasteiger partial charge < -0.3 is 20.1 Å². The van der Waals surface area contributed by atoms with E-state index in [-0.39, 0.29) is 24.7 Å². The molecule has 1 aliphatic carbocycles. The smallest absolute Gasteiger partial charge is 0.418 e. The van der Waals surface area contributed by atoms with Crippen LogP contribution in [0.3, 0.4) is 0 Å². The first-order chi connectivity index (χ1) is 15.4. The molecule has 1 saturated carbocycles. The van der Waals surface area contributed by atoms with E-state index in [9.17, 15) is 19.2 Å². The lowest BCUT2D eigenvalue weighted by atomic mass is 9.75. The van der Waals surface area contributed by atoms with Gasteiger partial charge in [-0.15, -0.1) is 0 Å². The van der Waals surface area contributed by atoms with Gasteiger partial charge in [-0.05, 0) is 55.2 Å². The van der Waals surface area contributed by atoms with Crippen molar-refractivity contribution >= 4 is 41.0 Å². The van der Waals surface area contributed by atoms with Gasteiger partial charge in [0.05, 0.1) is 0 Å². The van der Waals surface area contributed by atoms with Crippen molar-refractivity contribution in [3.05, 3.63) is 59.4 Å². The molecule has 9 nitrogen and oxygen atoms in total. The third-order valence-electron chi connectivity index (χ3n) is 5.66. The van der Waals surface area contributed by atoms with Gasteiger partial charge in [-0.25, -0.2) is 9.59 Å². The summed E-state index contributed by atoms with van der Waals surface area (Å²) in [5.74, 6) is -3.24. The Kier molecular flexibility index (Phi) is 6.09. The zero-order chi connectivity index (χ0) is 22.7. The molecular weight excluding hydrogens is 438 g/mol. The van der Waals surface area contributed by atoms with Crippen LogP contribution < -0.4 is 10.6 Å². The second kappa shape index (κ2) is 8.96. The second-order valence-electron chi connectivity index (χ2n) is 7.72. The van der Waals surface area contributed by atoms with Gasteiger partial charge >= 0.3 is 11.9 Å². The molecule has 0 radical (unpaired) electrons. The third-order valence-corrected chi connectivity index (χ3v) is 5.91. The fraction of sp³-hybridized carbons (Fsp3) is 0.318. The van der Waals surface area contributed by atoms with Crippen molar-refractivity contribution in [1.29, 1.82) is 0 Å². The number of esters is 2. The highest BCUT2D eigenvalue weighted by Crippen LogP contribution is 2.40. The van der Waals surface area contributed by atoms with Crippen molar-refractivity contribution in [2.75, 3.05) is 11.9 Å². The number of hydrogen-bond donors (Lipinski definition) is 2. The molecule has 2 aromatic rings. The fourth-order valence-electron chi connectivity index (χ4n) is 3.94. The van der Waals surface area contributed by atoms with Gasteiger partial charge in [-0.2, -0.15) is 0 Å². The number of pyridine rings is 1. The van der Waals surface area contributed by atoms with Crippen LogP contribution in [0.5, 0.6) is 0 Å². The Bertz CT molecular complexity index is 1050. The molecule has 2 amide bonds. The van der Waals surface area contributed by atoms with Crippen LogP contribution in [-0.2, 0) is 23.9 Å². The number of ether oxygens (including phenoxy) is 2. The molecule has 1 saturated heterocycles. The minimum atomic E-state index is -1.62. The molecule has 0 bridgehead atoms. The number of amides is 2. The van der Waals surface area contributed by atoms with Gasteiger partial charge in [0.1, 0.15) is 0 Å². The zero-order valence-electron chi connectivity index (χ0n) is 16.9. The summed E-state index contributed by atoms with van der Waals surface area (Å²) in [4.78, 5) is 53.1. The van der Waals surface area contributed by atoms with E-state index in [1.54, 1.807) is 36.4 Å². The molecule has 3 unspecified atom stereocenters. The van der Waals surface area contributed by atoms with Gasteiger partial charge in [0.2, 0.25) is 5.60 Å². The molecule has 10 heteroatoms. The maximum atomic E-state index is 13.1. The van der Waals surface area contributed by atoms with Crippen LogP contribution in [0.15, 0.2) is 48.8 Å². The number of fused-ring (bicyclic) bond motifs is 1. The lowest BCUT2D eigenvalue weighted by Crippen LogP contribution is -2.64. The van der Waals surface area contributed by atoms with Crippen LogP contribution in [0.25, 0.3) is 0 Å². The summed E-state index contributed by atoms with van der Waals surface area (Å²) in [5.41, 5.74) is -0.678. The number of nitrogens with zero attached hydrogens (tertiary/aromatic N) is 1. The van der Waals surface area contributed by atoms with Gasteiger partial charge in [0, 0.05) is 41.6 Å². The van der Waals surface area contributed by atoms with E-state index in [4.69, 9.17) is 21.1 Å². The molecular formula is C22H20ClN3O6. The highest BCUT2D eigenvalue weighted by molar-refractivity contribution is 6.31. The summed E-state index contributed by atoms with van der Waals surface area (Å²) in [7, 11) is 0.